The Hall–Kier alpha value is -3.26. The van der Waals surface area contributed by atoms with E-state index in [0.717, 1.165) is 23.7 Å². The zero-order chi connectivity index (χ0) is 23.5. The van der Waals surface area contributed by atoms with Gasteiger partial charge in [0, 0.05) is 25.5 Å². The summed E-state index contributed by atoms with van der Waals surface area (Å²) in [6.45, 7) is 2.01. The first kappa shape index (κ1) is 22.9. The Kier molecular flexibility index (Phi) is 6.74. The molecule has 7 nitrogen and oxygen atoms in total. The van der Waals surface area contributed by atoms with Gasteiger partial charge in [-0.1, -0.05) is 42.1 Å². The molecule has 0 aliphatic heterocycles. The third-order valence-electron chi connectivity index (χ3n) is 5.83. The van der Waals surface area contributed by atoms with Gasteiger partial charge in [0.1, 0.15) is 16.8 Å². The number of aryl methyl sites for hydroxylation is 2. The quantitative estimate of drug-likeness (QED) is 0.318. The monoisotopic (exact) mass is 464 g/mol. The number of amides is 1. The van der Waals surface area contributed by atoms with Crippen LogP contribution in [0.2, 0.25) is 0 Å². The minimum atomic E-state index is -0.142. The Balaban J connectivity index is 1.49. The van der Waals surface area contributed by atoms with Crippen LogP contribution in [-0.4, -0.2) is 38.9 Å². The van der Waals surface area contributed by atoms with Crippen LogP contribution >= 0.6 is 11.8 Å². The van der Waals surface area contributed by atoms with E-state index in [2.05, 4.69) is 17.4 Å². The lowest BCUT2D eigenvalue weighted by molar-refractivity contribution is -0.119. The predicted octanol–water partition coefficient (Wildman–Crippen LogP) is 3.66. The van der Waals surface area contributed by atoms with Gasteiger partial charge in [-0.3, -0.25) is 14.2 Å². The maximum absolute atomic E-state index is 13.1. The SMILES string of the molecule is COc1ccc2c(c1)c1nc(SCC(=O)NC(C)CCc3ccccc3)n(C)c(=O)c1n2C. The first-order valence-electron chi connectivity index (χ1n) is 10.9. The molecule has 8 heteroatoms. The number of aromatic nitrogens is 3. The highest BCUT2D eigenvalue weighted by atomic mass is 32.2. The van der Waals surface area contributed by atoms with E-state index in [-0.39, 0.29) is 23.3 Å². The highest BCUT2D eigenvalue weighted by Crippen LogP contribution is 2.29. The molecule has 2 aromatic heterocycles. The lowest BCUT2D eigenvalue weighted by Crippen LogP contribution is -2.34. The van der Waals surface area contributed by atoms with Crippen LogP contribution in [0.3, 0.4) is 0 Å². The third kappa shape index (κ3) is 4.75. The summed E-state index contributed by atoms with van der Waals surface area (Å²) < 4.78 is 8.72. The van der Waals surface area contributed by atoms with E-state index in [1.165, 1.54) is 21.9 Å². The van der Waals surface area contributed by atoms with Gasteiger partial charge in [0.2, 0.25) is 5.91 Å². The Bertz CT molecular complexity index is 1360. The van der Waals surface area contributed by atoms with Crippen molar-refractivity contribution < 1.29 is 9.53 Å². The molecule has 1 N–H and O–H groups in total. The Labute approximate surface area is 196 Å². The molecule has 1 unspecified atom stereocenters. The molecule has 2 aromatic carbocycles. The Morgan fingerprint density at radius 1 is 1.15 bits per heavy atom. The van der Waals surface area contributed by atoms with Crippen molar-refractivity contribution in [1.82, 2.24) is 19.4 Å². The number of carbonyl (C=O) groups excluding carboxylic acids is 1. The smallest absolute Gasteiger partial charge is 0.278 e. The second-order valence-corrected chi connectivity index (χ2v) is 9.12. The summed E-state index contributed by atoms with van der Waals surface area (Å²) >= 11 is 1.27. The van der Waals surface area contributed by atoms with Crippen molar-refractivity contribution in [3.8, 4) is 5.75 Å². The van der Waals surface area contributed by atoms with Crippen LogP contribution in [0.5, 0.6) is 5.75 Å². The number of nitrogens with one attached hydrogen (secondary N) is 1. The fourth-order valence-electron chi connectivity index (χ4n) is 3.98. The molecular weight excluding hydrogens is 436 g/mol. The number of carbonyl (C=O) groups is 1. The number of benzene rings is 2. The minimum Gasteiger partial charge on any atom is -0.497 e. The highest BCUT2D eigenvalue weighted by molar-refractivity contribution is 7.99. The number of hydrogen-bond acceptors (Lipinski definition) is 5. The first-order valence-corrected chi connectivity index (χ1v) is 11.9. The maximum atomic E-state index is 13.1. The van der Waals surface area contributed by atoms with Gasteiger partial charge >= 0.3 is 0 Å². The molecule has 0 bridgehead atoms. The lowest BCUT2D eigenvalue weighted by Gasteiger charge is -2.14. The summed E-state index contributed by atoms with van der Waals surface area (Å²) in [6, 6.07) is 16.0. The number of thioether (sulfide) groups is 1. The fraction of sp³-hybridized carbons (Fsp3) is 0.320. The van der Waals surface area contributed by atoms with Crippen molar-refractivity contribution in [3.63, 3.8) is 0 Å². The molecule has 33 heavy (non-hydrogen) atoms. The van der Waals surface area contributed by atoms with E-state index in [1.54, 1.807) is 14.2 Å². The Morgan fingerprint density at radius 3 is 2.64 bits per heavy atom. The van der Waals surface area contributed by atoms with Gasteiger partial charge in [0.15, 0.2) is 5.16 Å². The summed E-state index contributed by atoms with van der Waals surface area (Å²) in [7, 11) is 5.16. The predicted molar refractivity (Wildman–Crippen MR) is 133 cm³/mol. The minimum absolute atomic E-state index is 0.0584. The van der Waals surface area contributed by atoms with E-state index >= 15 is 0 Å². The number of hydrogen-bond donors (Lipinski definition) is 1. The molecule has 0 saturated carbocycles. The van der Waals surface area contributed by atoms with Crippen molar-refractivity contribution >= 4 is 39.6 Å². The fourth-order valence-corrected chi connectivity index (χ4v) is 4.76. The van der Waals surface area contributed by atoms with Crippen molar-refractivity contribution in [2.24, 2.45) is 14.1 Å². The molecule has 172 valence electrons. The van der Waals surface area contributed by atoms with Crippen LogP contribution in [0.15, 0.2) is 58.5 Å². The average molecular weight is 465 g/mol. The van der Waals surface area contributed by atoms with Gasteiger partial charge < -0.3 is 14.6 Å². The number of methoxy groups -OCH3 is 1. The van der Waals surface area contributed by atoms with Gasteiger partial charge in [0.25, 0.3) is 5.56 Å². The molecule has 0 radical (unpaired) electrons. The normalized spacial score (nSPS) is 12.2. The van der Waals surface area contributed by atoms with Crippen molar-refractivity contribution in [3.05, 3.63) is 64.4 Å². The molecule has 0 aliphatic rings. The van der Waals surface area contributed by atoms with Gasteiger partial charge in [-0.05, 0) is 43.5 Å². The van der Waals surface area contributed by atoms with E-state index in [1.807, 2.05) is 54.9 Å². The van der Waals surface area contributed by atoms with Gasteiger partial charge in [0.05, 0.1) is 18.4 Å². The van der Waals surface area contributed by atoms with Crippen molar-refractivity contribution in [1.29, 1.82) is 0 Å². The molecule has 0 aliphatic carbocycles. The first-order chi connectivity index (χ1) is 15.9. The zero-order valence-electron chi connectivity index (χ0n) is 19.3. The molecule has 0 saturated heterocycles. The van der Waals surface area contributed by atoms with Crippen molar-refractivity contribution in [2.45, 2.75) is 31.0 Å². The highest BCUT2D eigenvalue weighted by Gasteiger charge is 2.18. The molecule has 4 aromatic rings. The Morgan fingerprint density at radius 2 is 1.91 bits per heavy atom. The zero-order valence-corrected chi connectivity index (χ0v) is 20.1. The number of nitrogens with zero attached hydrogens (tertiary/aromatic N) is 3. The summed E-state index contributed by atoms with van der Waals surface area (Å²) in [5.41, 5.74) is 3.17. The van der Waals surface area contributed by atoms with Crippen LogP contribution in [0, 0.1) is 0 Å². The number of fused-ring (bicyclic) bond motifs is 3. The van der Waals surface area contributed by atoms with E-state index in [0.29, 0.717) is 21.9 Å². The summed E-state index contributed by atoms with van der Waals surface area (Å²) in [6.07, 6.45) is 1.77. The van der Waals surface area contributed by atoms with Crippen LogP contribution < -0.4 is 15.6 Å². The summed E-state index contributed by atoms with van der Waals surface area (Å²) in [4.78, 5) is 30.4. The van der Waals surface area contributed by atoms with E-state index in [4.69, 9.17) is 9.72 Å². The number of rotatable bonds is 8. The maximum Gasteiger partial charge on any atom is 0.278 e. The van der Waals surface area contributed by atoms with Gasteiger partial charge in [-0.2, -0.15) is 0 Å². The second-order valence-electron chi connectivity index (χ2n) is 8.18. The summed E-state index contributed by atoms with van der Waals surface area (Å²) in [5.74, 6) is 0.820. The van der Waals surface area contributed by atoms with Crippen LogP contribution in [0.4, 0.5) is 0 Å². The van der Waals surface area contributed by atoms with Crippen LogP contribution in [0.25, 0.3) is 21.9 Å². The van der Waals surface area contributed by atoms with Crippen LogP contribution in [0.1, 0.15) is 18.9 Å². The average Bonchev–Trinajstić information content (AvgIpc) is 3.10. The second kappa shape index (κ2) is 9.70. The van der Waals surface area contributed by atoms with E-state index in [9.17, 15) is 9.59 Å². The summed E-state index contributed by atoms with van der Waals surface area (Å²) in [5, 5.41) is 4.41. The molecule has 4 rings (SSSR count). The standard InChI is InChI=1S/C25H28N4O3S/c1-16(10-11-17-8-6-5-7-9-17)26-21(30)15-33-25-27-22-19-14-18(32-4)12-13-20(19)28(2)23(22)24(31)29(25)3/h5-9,12-14,16H,10-11,15H2,1-4H3,(H,26,30). The lowest BCUT2D eigenvalue weighted by atomic mass is 10.1. The molecule has 1 atom stereocenters. The molecular formula is C25H28N4O3S. The number of ether oxygens (including phenoxy) is 1. The van der Waals surface area contributed by atoms with Gasteiger partial charge in [-0.15, -0.1) is 0 Å². The molecule has 0 spiro atoms. The van der Waals surface area contributed by atoms with Gasteiger partial charge in [-0.25, -0.2) is 4.98 Å². The van der Waals surface area contributed by atoms with Crippen molar-refractivity contribution in [2.75, 3.05) is 12.9 Å². The van der Waals surface area contributed by atoms with Crippen LogP contribution in [-0.2, 0) is 25.3 Å². The molecule has 1 amide bonds. The molecule has 2 heterocycles. The third-order valence-corrected chi connectivity index (χ3v) is 6.86. The molecule has 0 fully saturated rings. The van der Waals surface area contributed by atoms with E-state index < -0.39 is 0 Å². The topological polar surface area (TPSA) is 78.2 Å². The largest absolute Gasteiger partial charge is 0.497 e.